The third kappa shape index (κ3) is 2.60. The number of ether oxygens (including phenoxy) is 1. The molecule has 1 fully saturated rings. The van der Waals surface area contributed by atoms with E-state index in [0.717, 1.165) is 0 Å². The maximum Gasteiger partial charge on any atom is 0.309 e. The van der Waals surface area contributed by atoms with E-state index in [1.54, 1.807) is 6.92 Å². The third-order valence-corrected chi connectivity index (χ3v) is 3.09. The Morgan fingerprint density at radius 3 is 2.62 bits per heavy atom. The van der Waals surface area contributed by atoms with Gasteiger partial charge in [-0.1, -0.05) is 0 Å². The molecular formula is C9H15NO6. The molecule has 7 nitrogen and oxygen atoms in total. The second kappa shape index (κ2) is 4.65. The van der Waals surface area contributed by atoms with Crippen LogP contribution < -0.4 is 0 Å². The van der Waals surface area contributed by atoms with Gasteiger partial charge in [0.05, 0.1) is 11.5 Å². The highest BCUT2D eigenvalue weighted by Crippen LogP contribution is 2.38. The Labute approximate surface area is 92.4 Å². The molecule has 0 bridgehead atoms. The van der Waals surface area contributed by atoms with Crippen molar-refractivity contribution in [1.82, 2.24) is 0 Å². The van der Waals surface area contributed by atoms with E-state index in [-0.39, 0.29) is 6.42 Å². The van der Waals surface area contributed by atoms with Gasteiger partial charge in [0.2, 0.25) is 0 Å². The lowest BCUT2D eigenvalue weighted by molar-refractivity contribution is -0.771. The monoisotopic (exact) mass is 233 g/mol. The van der Waals surface area contributed by atoms with Crippen LogP contribution in [0.25, 0.3) is 0 Å². The summed E-state index contributed by atoms with van der Waals surface area (Å²) in [5, 5.41) is 18.4. The van der Waals surface area contributed by atoms with Crippen LogP contribution >= 0.6 is 0 Å². The number of hydrogen-bond acceptors (Lipinski definition) is 5. The average Bonchev–Trinajstić information content (AvgIpc) is 2.20. The van der Waals surface area contributed by atoms with Gasteiger partial charge in [-0.05, 0) is 26.2 Å². The number of nitrogens with zero attached hydrogens (tertiary/aromatic N) is 1. The molecule has 0 spiro atoms. The normalized spacial score (nSPS) is 34.4. The lowest BCUT2D eigenvalue weighted by Crippen LogP contribution is -2.45. The Kier molecular flexibility index (Phi) is 3.69. The van der Waals surface area contributed by atoms with Crippen molar-refractivity contribution in [2.75, 3.05) is 7.11 Å². The summed E-state index contributed by atoms with van der Waals surface area (Å²) in [4.78, 5) is 25.7. The molecule has 1 rings (SSSR count). The van der Waals surface area contributed by atoms with E-state index in [4.69, 9.17) is 9.84 Å². The lowest BCUT2D eigenvalue weighted by atomic mass is 9.73. The van der Waals surface area contributed by atoms with Crippen molar-refractivity contribution in [3.8, 4) is 0 Å². The van der Waals surface area contributed by atoms with Crippen molar-refractivity contribution in [3.05, 3.63) is 10.1 Å². The smallest absolute Gasteiger partial charge is 0.309 e. The van der Waals surface area contributed by atoms with E-state index in [1.807, 2.05) is 0 Å². The highest BCUT2D eigenvalue weighted by atomic mass is 17.0. The molecule has 0 radical (unpaired) electrons. The SMILES string of the molecule is CO[C@H]1C[C@](C)(C(=O)O)CC[C@@H]1O[N+](=O)[O-]. The zero-order valence-electron chi connectivity index (χ0n) is 9.21. The largest absolute Gasteiger partial charge is 0.481 e. The van der Waals surface area contributed by atoms with Crippen LogP contribution in [-0.2, 0) is 14.4 Å². The van der Waals surface area contributed by atoms with Gasteiger partial charge in [0.25, 0.3) is 5.09 Å². The summed E-state index contributed by atoms with van der Waals surface area (Å²) < 4.78 is 5.06. The van der Waals surface area contributed by atoms with Crippen molar-refractivity contribution >= 4 is 5.97 Å². The summed E-state index contributed by atoms with van der Waals surface area (Å²) in [5.74, 6) is -0.908. The Bertz CT molecular complexity index is 294. The number of carboxylic acids is 1. The molecule has 0 aromatic heterocycles. The first kappa shape index (κ1) is 12.7. The summed E-state index contributed by atoms with van der Waals surface area (Å²) in [5.41, 5.74) is -0.892. The number of methoxy groups -OCH3 is 1. The van der Waals surface area contributed by atoms with Crippen molar-refractivity contribution in [1.29, 1.82) is 0 Å². The van der Waals surface area contributed by atoms with Crippen molar-refractivity contribution < 1.29 is 24.6 Å². The van der Waals surface area contributed by atoms with Gasteiger partial charge in [-0.3, -0.25) is 4.79 Å². The topological polar surface area (TPSA) is 98.9 Å². The van der Waals surface area contributed by atoms with Crippen LogP contribution in [0.1, 0.15) is 26.2 Å². The number of carboxylic acid groups (broad SMARTS) is 1. The maximum absolute atomic E-state index is 11.0. The van der Waals surface area contributed by atoms with Crippen LogP contribution in [0.15, 0.2) is 0 Å². The van der Waals surface area contributed by atoms with Crippen molar-refractivity contribution in [3.63, 3.8) is 0 Å². The van der Waals surface area contributed by atoms with Crippen LogP contribution in [0, 0.1) is 15.5 Å². The van der Waals surface area contributed by atoms with E-state index < -0.39 is 28.7 Å². The Balaban J connectivity index is 2.70. The van der Waals surface area contributed by atoms with Crippen molar-refractivity contribution in [2.24, 2.45) is 5.41 Å². The van der Waals surface area contributed by atoms with Gasteiger partial charge in [0.15, 0.2) is 0 Å². The fourth-order valence-electron chi connectivity index (χ4n) is 1.98. The predicted molar refractivity (Wildman–Crippen MR) is 52.3 cm³/mol. The minimum Gasteiger partial charge on any atom is -0.481 e. The van der Waals surface area contributed by atoms with E-state index >= 15 is 0 Å². The zero-order chi connectivity index (χ0) is 12.3. The van der Waals surface area contributed by atoms with Gasteiger partial charge in [0.1, 0.15) is 6.10 Å². The molecule has 0 aromatic carbocycles. The van der Waals surface area contributed by atoms with Crippen molar-refractivity contribution in [2.45, 2.75) is 38.4 Å². The highest BCUT2D eigenvalue weighted by molar-refractivity contribution is 5.74. The molecule has 0 heterocycles. The molecule has 1 saturated carbocycles. The standard InChI is InChI=1S/C9H15NO6/c1-9(8(11)12)4-3-6(16-10(13)14)7(5-9)15-2/h6-7H,3-5H2,1-2H3,(H,11,12)/t6-,7-,9+/m0/s1. The maximum atomic E-state index is 11.0. The van der Waals surface area contributed by atoms with Crippen LogP contribution in [0.2, 0.25) is 0 Å². The molecule has 16 heavy (non-hydrogen) atoms. The molecular weight excluding hydrogens is 218 g/mol. The number of hydrogen-bond donors (Lipinski definition) is 1. The molecule has 92 valence electrons. The quantitative estimate of drug-likeness (QED) is 0.571. The van der Waals surface area contributed by atoms with E-state index in [9.17, 15) is 14.9 Å². The summed E-state index contributed by atoms with van der Waals surface area (Å²) >= 11 is 0. The Morgan fingerprint density at radius 1 is 1.56 bits per heavy atom. The van der Waals surface area contributed by atoms with Crippen LogP contribution in [-0.4, -0.2) is 35.5 Å². The Hall–Kier alpha value is -1.37. The zero-order valence-corrected chi connectivity index (χ0v) is 9.21. The summed E-state index contributed by atoms with van der Waals surface area (Å²) in [6.45, 7) is 1.61. The Morgan fingerprint density at radius 2 is 2.19 bits per heavy atom. The predicted octanol–water partition coefficient (Wildman–Crippen LogP) is 0.853. The van der Waals surface area contributed by atoms with Gasteiger partial charge in [-0.25, -0.2) is 0 Å². The fourth-order valence-corrected chi connectivity index (χ4v) is 1.98. The molecule has 0 unspecified atom stereocenters. The second-order valence-electron chi connectivity index (χ2n) is 4.25. The van der Waals surface area contributed by atoms with Crippen LogP contribution in [0.5, 0.6) is 0 Å². The van der Waals surface area contributed by atoms with Gasteiger partial charge < -0.3 is 14.7 Å². The first-order valence-corrected chi connectivity index (χ1v) is 4.96. The molecule has 1 aliphatic rings. The highest BCUT2D eigenvalue weighted by Gasteiger charge is 2.44. The first-order valence-electron chi connectivity index (χ1n) is 4.96. The fraction of sp³-hybridized carbons (Fsp3) is 0.889. The summed E-state index contributed by atoms with van der Waals surface area (Å²) in [6.07, 6.45) is -0.354. The van der Waals surface area contributed by atoms with Gasteiger partial charge in [0, 0.05) is 7.11 Å². The van der Waals surface area contributed by atoms with Gasteiger partial charge >= 0.3 is 5.97 Å². The number of aliphatic carboxylic acids is 1. The van der Waals surface area contributed by atoms with Gasteiger partial charge in [-0.15, -0.1) is 10.1 Å². The summed E-state index contributed by atoms with van der Waals surface area (Å²) in [7, 11) is 1.40. The molecule has 7 heteroatoms. The molecule has 3 atom stereocenters. The minimum atomic E-state index is -0.908. The third-order valence-electron chi connectivity index (χ3n) is 3.09. The molecule has 1 aliphatic carbocycles. The second-order valence-corrected chi connectivity index (χ2v) is 4.25. The molecule has 0 amide bonds. The van der Waals surface area contributed by atoms with E-state index in [2.05, 4.69) is 4.84 Å². The van der Waals surface area contributed by atoms with Crippen LogP contribution in [0.3, 0.4) is 0 Å². The summed E-state index contributed by atoms with van der Waals surface area (Å²) in [6, 6.07) is 0. The number of carbonyl (C=O) groups is 1. The molecule has 0 aromatic rings. The van der Waals surface area contributed by atoms with Crippen LogP contribution in [0.4, 0.5) is 0 Å². The average molecular weight is 233 g/mol. The molecule has 0 saturated heterocycles. The van der Waals surface area contributed by atoms with E-state index in [1.165, 1.54) is 7.11 Å². The van der Waals surface area contributed by atoms with Gasteiger partial charge in [-0.2, -0.15) is 0 Å². The lowest BCUT2D eigenvalue weighted by Gasteiger charge is -2.37. The molecule has 1 N–H and O–H groups in total. The molecule has 0 aliphatic heterocycles. The minimum absolute atomic E-state index is 0.220. The first-order chi connectivity index (χ1) is 7.39. The number of rotatable bonds is 4. The van der Waals surface area contributed by atoms with E-state index in [0.29, 0.717) is 12.8 Å².